The van der Waals surface area contributed by atoms with Gasteiger partial charge < -0.3 is 29.4 Å². The summed E-state index contributed by atoms with van der Waals surface area (Å²) < 4.78 is 15.8. The Morgan fingerprint density at radius 2 is 2.08 bits per heavy atom. The molecule has 13 nitrogen and oxygen atoms in total. The van der Waals surface area contributed by atoms with Gasteiger partial charge in [-0.05, 0) is 34.1 Å². The van der Waals surface area contributed by atoms with Crippen molar-refractivity contribution in [3.63, 3.8) is 0 Å². The zero-order valence-electron chi connectivity index (χ0n) is 22.7. The zero-order chi connectivity index (χ0) is 29.2. The number of hydrogen-bond acceptors (Lipinski definition) is 12. The molecule has 0 saturated carbocycles. The van der Waals surface area contributed by atoms with Crippen LogP contribution in [0.3, 0.4) is 0 Å². The molecule has 0 aliphatic carbocycles. The third-order valence-electron chi connectivity index (χ3n) is 4.85. The van der Waals surface area contributed by atoms with Crippen LogP contribution >= 0.6 is 11.8 Å². The molecule has 2 amide bonds. The number of nitrogens with one attached hydrogen (secondary N) is 2. The summed E-state index contributed by atoms with van der Waals surface area (Å²) in [6.07, 6.45) is 1.91. The molecule has 1 aliphatic rings. The van der Waals surface area contributed by atoms with E-state index in [0.717, 1.165) is 11.8 Å². The summed E-state index contributed by atoms with van der Waals surface area (Å²) in [6, 6.07) is 2.09. The fourth-order valence-electron chi connectivity index (χ4n) is 3.12. The van der Waals surface area contributed by atoms with Crippen molar-refractivity contribution < 1.29 is 33.1 Å². The van der Waals surface area contributed by atoms with Crippen molar-refractivity contribution in [2.24, 2.45) is 15.9 Å². The fraction of sp³-hybridized carbons (Fsp3) is 0.520. The lowest BCUT2D eigenvalue weighted by atomic mass is 10.1. The van der Waals surface area contributed by atoms with Crippen LogP contribution in [0.4, 0.5) is 4.79 Å². The second-order valence-corrected chi connectivity index (χ2v) is 10.5. The molecule has 0 saturated heterocycles. The number of rotatable bonds is 12. The lowest BCUT2D eigenvalue weighted by Crippen LogP contribution is -2.54. The number of carbonyl (C=O) groups is 3. The summed E-state index contributed by atoms with van der Waals surface area (Å²) in [5.74, 6) is -0.808. The molecule has 14 heteroatoms. The van der Waals surface area contributed by atoms with E-state index in [2.05, 4.69) is 27.4 Å². The van der Waals surface area contributed by atoms with Gasteiger partial charge in [-0.3, -0.25) is 10.5 Å². The molecule has 2 heterocycles. The van der Waals surface area contributed by atoms with Crippen LogP contribution < -0.4 is 26.7 Å². The number of hydrogen-bond donors (Lipinski definition) is 3. The number of thioether (sulfide) groups is 1. The smallest absolute Gasteiger partial charge is 0.408 e. The van der Waals surface area contributed by atoms with E-state index >= 15 is 0 Å². The number of oxime groups is 1. The summed E-state index contributed by atoms with van der Waals surface area (Å²) in [5, 5.41) is 9.11. The van der Waals surface area contributed by atoms with Gasteiger partial charge in [0, 0.05) is 11.8 Å². The second kappa shape index (κ2) is 13.9. The minimum absolute atomic E-state index is 0.0977. The molecular formula is C25H35N5O8S. The molecule has 2 rings (SSSR count). The number of nitrogens with two attached hydrogens (primary N) is 1. The first-order valence-corrected chi connectivity index (χ1v) is 13.2. The van der Waals surface area contributed by atoms with E-state index in [1.54, 1.807) is 26.8 Å². The third-order valence-corrected chi connectivity index (χ3v) is 6.09. The normalized spacial score (nSPS) is 18.0. The zero-order valence-corrected chi connectivity index (χ0v) is 23.5. The van der Waals surface area contributed by atoms with E-state index in [1.165, 1.54) is 19.1 Å². The first kappa shape index (κ1) is 31.6. The van der Waals surface area contributed by atoms with E-state index < -0.39 is 47.4 Å². The Morgan fingerprint density at radius 1 is 1.36 bits per heavy atom. The third kappa shape index (κ3) is 10.2. The van der Waals surface area contributed by atoms with Gasteiger partial charge in [-0.25, -0.2) is 19.4 Å². The largest absolute Gasteiger partial charge is 0.489 e. The standard InChI is InChI=1S/C25H35N5O8S/c1-7-9-17(18-11-16(35-10-8-2)12-19(31)36-18)28-22(33)25(26)14-39-21(29-25)15(3)30-38-20(32)13-27-23(34)37-24(4,5)6/h8,11-12,17H,2,7,9-10,13-14,26H2,1,3-6H3,(H,27,34)(H,28,33)/b30-15+/t17-,25+/m1/s1. The van der Waals surface area contributed by atoms with E-state index in [0.29, 0.717) is 23.6 Å². The molecule has 0 fully saturated rings. The predicted molar refractivity (Wildman–Crippen MR) is 147 cm³/mol. The summed E-state index contributed by atoms with van der Waals surface area (Å²) in [7, 11) is 0. The molecule has 2 atom stereocenters. The molecule has 39 heavy (non-hydrogen) atoms. The Bertz CT molecular complexity index is 1190. The molecule has 1 aromatic rings. The van der Waals surface area contributed by atoms with Gasteiger partial charge in [-0.1, -0.05) is 31.2 Å². The number of carbonyl (C=O) groups excluding carboxylic acids is 3. The Kier molecular flexibility index (Phi) is 11.3. The average Bonchev–Trinajstić information content (AvgIpc) is 3.26. The highest BCUT2D eigenvalue weighted by molar-refractivity contribution is 8.16. The van der Waals surface area contributed by atoms with Gasteiger partial charge in [-0.2, -0.15) is 0 Å². The Labute approximate surface area is 230 Å². The van der Waals surface area contributed by atoms with Crippen LogP contribution in [0.5, 0.6) is 5.75 Å². The van der Waals surface area contributed by atoms with E-state index in [9.17, 15) is 19.2 Å². The number of nitrogens with zero attached hydrogens (tertiary/aromatic N) is 2. The summed E-state index contributed by atoms with van der Waals surface area (Å²) in [6.45, 7) is 11.8. The first-order valence-electron chi connectivity index (χ1n) is 12.2. The maximum Gasteiger partial charge on any atom is 0.408 e. The van der Waals surface area contributed by atoms with Gasteiger partial charge in [0.2, 0.25) is 0 Å². The summed E-state index contributed by atoms with van der Waals surface area (Å²) >= 11 is 1.16. The molecule has 1 aliphatic heterocycles. The van der Waals surface area contributed by atoms with E-state index in [1.807, 2.05) is 6.92 Å². The van der Waals surface area contributed by atoms with Crippen LogP contribution in [-0.2, 0) is 19.2 Å². The summed E-state index contributed by atoms with van der Waals surface area (Å²) in [5.41, 5.74) is 3.54. The van der Waals surface area contributed by atoms with E-state index in [4.69, 9.17) is 24.5 Å². The Balaban J connectivity index is 2.05. The molecule has 0 aromatic carbocycles. The Hall–Kier alpha value is -3.65. The molecule has 214 valence electrons. The molecule has 1 aromatic heterocycles. The molecule has 0 spiro atoms. The Morgan fingerprint density at radius 3 is 2.72 bits per heavy atom. The van der Waals surface area contributed by atoms with Gasteiger partial charge in [0.25, 0.3) is 5.91 Å². The highest BCUT2D eigenvalue weighted by Gasteiger charge is 2.41. The van der Waals surface area contributed by atoms with Crippen LogP contribution in [0.25, 0.3) is 0 Å². The molecule has 4 N–H and O–H groups in total. The van der Waals surface area contributed by atoms with Crippen LogP contribution in [-0.4, -0.2) is 58.9 Å². The average molecular weight is 566 g/mol. The van der Waals surface area contributed by atoms with Crippen LogP contribution in [0, 0.1) is 0 Å². The highest BCUT2D eigenvalue weighted by atomic mass is 32.2. The number of alkyl carbamates (subject to hydrolysis) is 1. The van der Waals surface area contributed by atoms with Crippen LogP contribution in [0.1, 0.15) is 59.3 Å². The maximum atomic E-state index is 13.2. The van der Waals surface area contributed by atoms with Crippen molar-refractivity contribution in [3.8, 4) is 5.75 Å². The minimum Gasteiger partial charge on any atom is -0.489 e. The van der Waals surface area contributed by atoms with Crippen LogP contribution in [0.2, 0.25) is 0 Å². The number of aliphatic imine (C=N–C) groups is 1. The number of ether oxygens (including phenoxy) is 2. The quantitative estimate of drug-likeness (QED) is 0.147. The highest BCUT2D eigenvalue weighted by Crippen LogP contribution is 2.27. The van der Waals surface area contributed by atoms with Crippen molar-refractivity contribution in [1.82, 2.24) is 10.6 Å². The minimum atomic E-state index is -1.64. The molecular weight excluding hydrogens is 530 g/mol. The van der Waals surface area contributed by atoms with Gasteiger partial charge in [-0.15, -0.1) is 11.8 Å². The monoisotopic (exact) mass is 565 g/mol. The van der Waals surface area contributed by atoms with Crippen LogP contribution in [0.15, 0.2) is 44.1 Å². The topological polar surface area (TPSA) is 184 Å². The molecule has 0 unspecified atom stereocenters. The summed E-state index contributed by atoms with van der Waals surface area (Å²) in [4.78, 5) is 57.9. The molecule has 0 bridgehead atoms. The van der Waals surface area contributed by atoms with Crippen molar-refractivity contribution in [2.45, 2.75) is 64.8 Å². The fourth-order valence-corrected chi connectivity index (χ4v) is 4.14. The van der Waals surface area contributed by atoms with Crippen molar-refractivity contribution in [2.75, 3.05) is 18.9 Å². The first-order chi connectivity index (χ1) is 18.3. The van der Waals surface area contributed by atoms with Crippen molar-refractivity contribution in [3.05, 3.63) is 41.0 Å². The predicted octanol–water partition coefficient (Wildman–Crippen LogP) is 2.41. The van der Waals surface area contributed by atoms with Crippen molar-refractivity contribution >= 4 is 40.5 Å². The lowest BCUT2D eigenvalue weighted by molar-refractivity contribution is -0.142. The maximum absolute atomic E-state index is 13.2. The van der Waals surface area contributed by atoms with Gasteiger partial charge in [0.15, 0.2) is 5.66 Å². The number of amides is 2. The lowest BCUT2D eigenvalue weighted by Gasteiger charge is -2.24. The SMILES string of the molecule is C=CCOc1cc([C@@H](CCC)NC(=O)[C@]2(N)CSC(/C(C)=N/OC(=O)CNC(=O)OC(C)(C)C)=N2)oc(=O)c1. The van der Waals surface area contributed by atoms with Gasteiger partial charge in [0.1, 0.15) is 41.0 Å². The van der Waals surface area contributed by atoms with Gasteiger partial charge >= 0.3 is 17.7 Å². The molecule has 0 radical (unpaired) electrons. The van der Waals surface area contributed by atoms with Crippen molar-refractivity contribution in [1.29, 1.82) is 0 Å². The van der Waals surface area contributed by atoms with E-state index in [-0.39, 0.29) is 23.8 Å². The van der Waals surface area contributed by atoms with Gasteiger partial charge in [0.05, 0.1) is 12.1 Å². The second-order valence-electron chi connectivity index (χ2n) is 9.55.